The molecule has 3 aromatic carbocycles. The minimum Gasteiger partial charge on any atom is -0.394 e. The van der Waals surface area contributed by atoms with Crippen LogP contribution < -0.4 is 0 Å². The van der Waals surface area contributed by atoms with E-state index in [0.29, 0.717) is 16.8 Å². The van der Waals surface area contributed by atoms with Crippen LogP contribution in [0.5, 0.6) is 0 Å². The van der Waals surface area contributed by atoms with Gasteiger partial charge in [0.05, 0.1) is 24.1 Å². The minimum atomic E-state index is -0.508. The number of allylic oxidation sites excluding steroid dienone is 1. The fourth-order valence-electron chi connectivity index (χ4n) is 4.46. The summed E-state index contributed by atoms with van der Waals surface area (Å²) in [5, 5.41) is 13.7. The Balaban J connectivity index is 1.77. The Morgan fingerprint density at radius 2 is 1.84 bits per heavy atom. The molecule has 1 fully saturated rings. The van der Waals surface area contributed by atoms with Crippen LogP contribution in [0.3, 0.4) is 0 Å². The molecule has 1 saturated carbocycles. The van der Waals surface area contributed by atoms with Crippen molar-refractivity contribution >= 4 is 22.0 Å². The van der Waals surface area contributed by atoms with E-state index in [9.17, 15) is 9.50 Å². The average Bonchev–Trinajstić information content (AvgIpc) is 3.09. The van der Waals surface area contributed by atoms with Crippen molar-refractivity contribution in [3.05, 3.63) is 102 Å². The third-order valence-corrected chi connectivity index (χ3v) is 6.15. The van der Waals surface area contributed by atoms with E-state index < -0.39 is 5.95 Å². The van der Waals surface area contributed by atoms with Crippen molar-refractivity contribution in [2.75, 3.05) is 6.61 Å². The van der Waals surface area contributed by atoms with Gasteiger partial charge in [0.1, 0.15) is 0 Å². The fourth-order valence-corrected chi connectivity index (χ4v) is 4.46. The highest BCUT2D eigenvalue weighted by molar-refractivity contribution is 6.01. The lowest BCUT2D eigenvalue weighted by Crippen LogP contribution is -2.15. The van der Waals surface area contributed by atoms with E-state index in [2.05, 4.69) is 41.5 Å². The Morgan fingerprint density at radius 1 is 1.03 bits per heavy atom. The summed E-state index contributed by atoms with van der Waals surface area (Å²) < 4.78 is 16.2. The van der Waals surface area contributed by atoms with Gasteiger partial charge in [-0.2, -0.15) is 4.39 Å². The monoisotopic (exact) mass is 411 g/mol. The number of rotatable bonds is 6. The lowest BCUT2D eigenvalue weighted by atomic mass is 9.73. The Kier molecular flexibility index (Phi) is 5.39. The predicted molar refractivity (Wildman–Crippen MR) is 122 cm³/mol. The molecule has 0 saturated heterocycles. The zero-order chi connectivity index (χ0) is 21.2. The molecule has 1 aromatic heterocycles. The predicted octanol–water partition coefficient (Wildman–Crippen LogP) is 5.73. The summed E-state index contributed by atoms with van der Waals surface area (Å²) in [6, 6.07) is 27.7. The summed E-state index contributed by atoms with van der Waals surface area (Å²) >= 11 is 0. The Morgan fingerprint density at radius 3 is 2.52 bits per heavy atom. The summed E-state index contributed by atoms with van der Waals surface area (Å²) in [5.74, 6) is -0.0322. The van der Waals surface area contributed by atoms with Gasteiger partial charge >= 0.3 is 0 Å². The highest BCUT2D eigenvalue weighted by Gasteiger charge is 2.27. The highest BCUT2D eigenvalue weighted by Crippen LogP contribution is 2.45. The number of nitrogens with zero attached hydrogens (tertiary/aromatic N) is 2. The van der Waals surface area contributed by atoms with E-state index in [1.807, 2.05) is 42.5 Å². The molecule has 3 nitrogen and oxygen atoms in total. The van der Waals surface area contributed by atoms with Crippen LogP contribution in [0.15, 0.2) is 72.8 Å². The van der Waals surface area contributed by atoms with E-state index in [1.54, 1.807) is 0 Å². The van der Waals surface area contributed by atoms with Crippen molar-refractivity contribution in [1.29, 1.82) is 0 Å². The Hall–Kier alpha value is -3.24. The van der Waals surface area contributed by atoms with Crippen molar-refractivity contribution in [1.82, 2.24) is 9.78 Å². The molecule has 1 N–H and O–H groups in total. The van der Waals surface area contributed by atoms with Gasteiger partial charge in [-0.25, -0.2) is 0 Å². The molecular formula is C27H24FN2O. The summed E-state index contributed by atoms with van der Waals surface area (Å²) in [4.78, 5) is 0. The van der Waals surface area contributed by atoms with E-state index in [-0.39, 0.29) is 13.2 Å². The molecule has 155 valence electrons. The van der Waals surface area contributed by atoms with Gasteiger partial charge in [-0.05, 0) is 64.8 Å². The van der Waals surface area contributed by atoms with Gasteiger partial charge in [0, 0.05) is 0 Å². The number of hydrogen-bond donors (Lipinski definition) is 1. The molecule has 1 aliphatic carbocycles. The molecule has 0 aliphatic heterocycles. The van der Waals surface area contributed by atoms with Crippen LogP contribution in [0.1, 0.15) is 36.0 Å². The van der Waals surface area contributed by atoms with Gasteiger partial charge < -0.3 is 5.11 Å². The summed E-state index contributed by atoms with van der Waals surface area (Å²) in [6.07, 6.45) is 3.55. The molecule has 0 unspecified atom stereocenters. The maximum Gasteiger partial charge on any atom is 0.240 e. The Labute approximate surface area is 181 Å². The first-order chi connectivity index (χ1) is 15.3. The number of aliphatic hydroxyl groups is 1. The standard InChI is InChI=1S/C27H24FN2O/c28-27-23-18-22(14-15-24(23)30(29-27)16-17-31)26(20-10-5-2-6-11-20)25(21-12-7-13-21)19-8-3-1-4-9-19/h1-6,8-10,14-15,18,21,31H,7,12-13,16-17H2/b26-25-. The molecule has 1 radical (unpaired) electrons. The second-order valence-electron chi connectivity index (χ2n) is 8.03. The van der Waals surface area contributed by atoms with E-state index >= 15 is 0 Å². The first kappa shape index (κ1) is 19.7. The quantitative estimate of drug-likeness (QED) is 0.412. The van der Waals surface area contributed by atoms with Crippen LogP contribution in [0.4, 0.5) is 4.39 Å². The minimum absolute atomic E-state index is 0.0814. The molecule has 0 amide bonds. The zero-order valence-electron chi connectivity index (χ0n) is 17.3. The highest BCUT2D eigenvalue weighted by atomic mass is 19.1. The largest absolute Gasteiger partial charge is 0.394 e. The maximum absolute atomic E-state index is 14.7. The SMILES string of the molecule is OCCn1nc(F)c2cc(/C(=C(/c3ccccc3)C3CCC3)c3[c]cccc3)ccc21. The van der Waals surface area contributed by atoms with E-state index in [1.165, 1.54) is 22.2 Å². The normalized spacial score (nSPS) is 15.0. The number of hydrogen-bond acceptors (Lipinski definition) is 2. The summed E-state index contributed by atoms with van der Waals surface area (Å²) in [5.41, 5.74) is 6.27. The number of benzene rings is 3. The first-order valence-electron chi connectivity index (χ1n) is 10.8. The molecule has 4 aromatic rings. The van der Waals surface area contributed by atoms with Crippen molar-refractivity contribution in [3.8, 4) is 0 Å². The average molecular weight is 412 g/mol. The van der Waals surface area contributed by atoms with Crippen LogP contribution in [0, 0.1) is 17.9 Å². The molecule has 1 heterocycles. The molecule has 0 bridgehead atoms. The molecule has 4 heteroatoms. The van der Waals surface area contributed by atoms with Crippen LogP contribution in [0.2, 0.25) is 0 Å². The smallest absolute Gasteiger partial charge is 0.240 e. The molecule has 0 spiro atoms. The third-order valence-electron chi connectivity index (χ3n) is 6.15. The van der Waals surface area contributed by atoms with Crippen LogP contribution in [-0.2, 0) is 6.54 Å². The van der Waals surface area contributed by atoms with Crippen LogP contribution in [-0.4, -0.2) is 21.5 Å². The van der Waals surface area contributed by atoms with Gasteiger partial charge in [-0.1, -0.05) is 67.1 Å². The number of fused-ring (bicyclic) bond motifs is 1. The molecule has 1 aliphatic rings. The summed E-state index contributed by atoms with van der Waals surface area (Å²) in [7, 11) is 0. The second kappa shape index (κ2) is 8.48. The van der Waals surface area contributed by atoms with Gasteiger partial charge in [0.2, 0.25) is 5.95 Å². The molecule has 31 heavy (non-hydrogen) atoms. The lowest BCUT2D eigenvalue weighted by Gasteiger charge is -2.31. The number of aromatic nitrogens is 2. The van der Waals surface area contributed by atoms with Gasteiger partial charge in [-0.3, -0.25) is 4.68 Å². The number of halogens is 1. The molecule has 0 atom stereocenters. The second-order valence-corrected chi connectivity index (χ2v) is 8.03. The molecular weight excluding hydrogens is 387 g/mol. The van der Waals surface area contributed by atoms with E-state index in [4.69, 9.17) is 0 Å². The maximum atomic E-state index is 14.7. The van der Waals surface area contributed by atoms with Crippen LogP contribution in [0.25, 0.3) is 22.0 Å². The third kappa shape index (κ3) is 3.68. The van der Waals surface area contributed by atoms with Crippen LogP contribution >= 0.6 is 0 Å². The van der Waals surface area contributed by atoms with Gasteiger partial charge in [0.15, 0.2) is 0 Å². The van der Waals surface area contributed by atoms with Gasteiger partial charge in [0.25, 0.3) is 0 Å². The van der Waals surface area contributed by atoms with E-state index in [0.717, 1.165) is 29.5 Å². The van der Waals surface area contributed by atoms with Crippen molar-refractivity contribution < 1.29 is 9.50 Å². The topological polar surface area (TPSA) is 38.0 Å². The lowest BCUT2D eigenvalue weighted by molar-refractivity contribution is 0.270. The number of aliphatic hydroxyl groups excluding tert-OH is 1. The van der Waals surface area contributed by atoms with Gasteiger partial charge in [-0.15, -0.1) is 5.10 Å². The van der Waals surface area contributed by atoms with Crippen molar-refractivity contribution in [2.45, 2.75) is 25.8 Å². The molecule has 5 rings (SSSR count). The Bertz CT molecular complexity index is 1220. The van der Waals surface area contributed by atoms with Crippen molar-refractivity contribution in [2.24, 2.45) is 5.92 Å². The van der Waals surface area contributed by atoms with Crippen molar-refractivity contribution in [3.63, 3.8) is 0 Å². The fraction of sp³-hybridized carbons (Fsp3) is 0.222. The zero-order valence-corrected chi connectivity index (χ0v) is 17.3. The summed E-state index contributed by atoms with van der Waals surface area (Å²) in [6.45, 7) is 0.189. The first-order valence-corrected chi connectivity index (χ1v) is 10.8.